The molecule has 0 radical (unpaired) electrons. The Labute approximate surface area is 81.6 Å². The Kier molecular flexibility index (Phi) is 5.44. The van der Waals surface area contributed by atoms with Crippen LogP contribution in [-0.2, 0) is 4.79 Å². The molecule has 0 bridgehead atoms. The van der Waals surface area contributed by atoms with Gasteiger partial charge in [-0.25, -0.2) is 0 Å². The smallest absolute Gasteiger partial charge is 0.249 e. The predicted octanol–water partition coefficient (Wildman–Crippen LogP) is 2.60. The molecule has 0 saturated heterocycles. The second-order valence-electron chi connectivity index (χ2n) is 3.71. The standard InChI is InChI=1S/C11H21NO/c1-6-7-8-12(5)11(13)10(4)9(2)3/h6-8H2,1-5H3. The van der Waals surface area contributed by atoms with Gasteiger partial charge in [0.1, 0.15) is 0 Å². The lowest BCUT2D eigenvalue weighted by atomic mass is 10.1. The van der Waals surface area contributed by atoms with Gasteiger partial charge in [0.15, 0.2) is 0 Å². The first-order valence-corrected chi connectivity index (χ1v) is 4.90. The first-order valence-electron chi connectivity index (χ1n) is 4.90. The second-order valence-corrected chi connectivity index (χ2v) is 3.71. The summed E-state index contributed by atoms with van der Waals surface area (Å²) in [4.78, 5) is 13.5. The molecular formula is C11H21NO. The molecule has 0 aliphatic rings. The highest BCUT2D eigenvalue weighted by atomic mass is 16.2. The largest absolute Gasteiger partial charge is 0.342 e. The van der Waals surface area contributed by atoms with E-state index in [0.717, 1.165) is 30.5 Å². The Hall–Kier alpha value is -0.790. The summed E-state index contributed by atoms with van der Waals surface area (Å²) in [7, 11) is 1.87. The number of allylic oxidation sites excluding steroid dienone is 1. The van der Waals surface area contributed by atoms with Crippen LogP contribution in [0.1, 0.15) is 40.5 Å². The van der Waals surface area contributed by atoms with Crippen LogP contribution >= 0.6 is 0 Å². The van der Waals surface area contributed by atoms with Gasteiger partial charge < -0.3 is 4.90 Å². The van der Waals surface area contributed by atoms with Gasteiger partial charge in [0.25, 0.3) is 0 Å². The van der Waals surface area contributed by atoms with E-state index in [-0.39, 0.29) is 5.91 Å². The van der Waals surface area contributed by atoms with Gasteiger partial charge in [-0.1, -0.05) is 18.9 Å². The third-order valence-corrected chi connectivity index (χ3v) is 2.26. The lowest BCUT2D eigenvalue weighted by Crippen LogP contribution is -2.28. The molecule has 0 saturated carbocycles. The SMILES string of the molecule is CCCCN(C)C(=O)C(C)=C(C)C. The van der Waals surface area contributed by atoms with Crippen molar-refractivity contribution in [3.63, 3.8) is 0 Å². The minimum atomic E-state index is 0.161. The number of amides is 1. The fourth-order valence-electron chi connectivity index (χ4n) is 0.997. The van der Waals surface area contributed by atoms with Gasteiger partial charge in [0.05, 0.1) is 0 Å². The maximum Gasteiger partial charge on any atom is 0.249 e. The van der Waals surface area contributed by atoms with Crippen LogP contribution < -0.4 is 0 Å². The molecule has 0 heterocycles. The molecule has 0 aliphatic heterocycles. The number of likely N-dealkylation sites (N-methyl/N-ethyl adjacent to an activating group) is 1. The summed E-state index contributed by atoms with van der Waals surface area (Å²) < 4.78 is 0. The van der Waals surface area contributed by atoms with Crippen molar-refractivity contribution < 1.29 is 4.79 Å². The van der Waals surface area contributed by atoms with Gasteiger partial charge in [0.2, 0.25) is 5.91 Å². The quantitative estimate of drug-likeness (QED) is 0.613. The maximum atomic E-state index is 11.7. The van der Waals surface area contributed by atoms with Crippen LogP contribution in [0.15, 0.2) is 11.1 Å². The fourth-order valence-corrected chi connectivity index (χ4v) is 0.997. The van der Waals surface area contributed by atoms with E-state index in [1.807, 2.05) is 27.8 Å². The van der Waals surface area contributed by atoms with Crippen molar-refractivity contribution in [1.82, 2.24) is 4.90 Å². The summed E-state index contributed by atoms with van der Waals surface area (Å²) in [5, 5.41) is 0. The van der Waals surface area contributed by atoms with E-state index in [9.17, 15) is 4.79 Å². The Morgan fingerprint density at radius 2 is 1.77 bits per heavy atom. The van der Waals surface area contributed by atoms with Crippen molar-refractivity contribution in [3.05, 3.63) is 11.1 Å². The molecular weight excluding hydrogens is 162 g/mol. The lowest BCUT2D eigenvalue weighted by molar-refractivity contribution is -0.125. The Morgan fingerprint density at radius 1 is 1.23 bits per heavy atom. The van der Waals surface area contributed by atoms with Gasteiger partial charge >= 0.3 is 0 Å². The average Bonchev–Trinajstić information content (AvgIpc) is 2.11. The summed E-state index contributed by atoms with van der Waals surface area (Å²) in [5.74, 6) is 0.161. The van der Waals surface area contributed by atoms with Crippen LogP contribution in [0.2, 0.25) is 0 Å². The Bertz CT molecular complexity index is 202. The molecule has 0 aromatic carbocycles. The molecule has 76 valence electrons. The minimum Gasteiger partial charge on any atom is -0.342 e. The molecule has 0 spiro atoms. The topological polar surface area (TPSA) is 20.3 Å². The summed E-state index contributed by atoms with van der Waals surface area (Å²) in [6, 6.07) is 0. The second kappa shape index (κ2) is 5.79. The fraction of sp³-hybridized carbons (Fsp3) is 0.727. The van der Waals surface area contributed by atoms with Crippen LogP contribution in [0.3, 0.4) is 0 Å². The maximum absolute atomic E-state index is 11.7. The van der Waals surface area contributed by atoms with Crippen molar-refractivity contribution in [3.8, 4) is 0 Å². The third kappa shape index (κ3) is 4.11. The van der Waals surface area contributed by atoms with Crippen LogP contribution in [0, 0.1) is 0 Å². The lowest BCUT2D eigenvalue weighted by Gasteiger charge is -2.17. The number of unbranched alkanes of at least 4 members (excludes halogenated alkanes) is 1. The van der Waals surface area contributed by atoms with Crippen LogP contribution in [0.5, 0.6) is 0 Å². The highest BCUT2D eigenvalue weighted by molar-refractivity contribution is 5.93. The molecule has 13 heavy (non-hydrogen) atoms. The molecule has 0 aromatic heterocycles. The zero-order valence-electron chi connectivity index (χ0n) is 9.48. The van der Waals surface area contributed by atoms with Crippen molar-refractivity contribution >= 4 is 5.91 Å². The number of rotatable bonds is 4. The van der Waals surface area contributed by atoms with E-state index in [4.69, 9.17) is 0 Å². The molecule has 0 N–H and O–H groups in total. The van der Waals surface area contributed by atoms with Gasteiger partial charge in [-0.05, 0) is 27.2 Å². The summed E-state index contributed by atoms with van der Waals surface area (Å²) in [6.45, 7) is 8.83. The van der Waals surface area contributed by atoms with E-state index in [2.05, 4.69) is 6.92 Å². The molecule has 2 nitrogen and oxygen atoms in total. The first-order chi connectivity index (χ1) is 6.00. The number of carbonyl (C=O) groups excluding carboxylic acids is 1. The van der Waals surface area contributed by atoms with Gasteiger partial charge in [-0.3, -0.25) is 4.79 Å². The van der Waals surface area contributed by atoms with Crippen molar-refractivity contribution in [2.24, 2.45) is 0 Å². The van der Waals surface area contributed by atoms with Crippen LogP contribution in [-0.4, -0.2) is 24.4 Å². The number of nitrogens with zero attached hydrogens (tertiary/aromatic N) is 1. The first kappa shape index (κ1) is 12.2. The highest BCUT2D eigenvalue weighted by Gasteiger charge is 2.10. The summed E-state index contributed by atoms with van der Waals surface area (Å²) in [6.07, 6.45) is 2.21. The molecule has 0 aromatic rings. The highest BCUT2D eigenvalue weighted by Crippen LogP contribution is 2.06. The average molecular weight is 183 g/mol. The van der Waals surface area contributed by atoms with E-state index >= 15 is 0 Å². The molecule has 1 amide bonds. The molecule has 0 aliphatic carbocycles. The summed E-state index contributed by atoms with van der Waals surface area (Å²) in [5.41, 5.74) is 1.98. The zero-order valence-corrected chi connectivity index (χ0v) is 9.48. The molecule has 2 heteroatoms. The predicted molar refractivity (Wildman–Crippen MR) is 56.6 cm³/mol. The molecule has 0 atom stereocenters. The molecule has 0 rings (SSSR count). The van der Waals surface area contributed by atoms with E-state index in [0.29, 0.717) is 0 Å². The number of hydrogen-bond donors (Lipinski definition) is 0. The third-order valence-electron chi connectivity index (χ3n) is 2.26. The monoisotopic (exact) mass is 183 g/mol. The Morgan fingerprint density at radius 3 is 2.15 bits per heavy atom. The van der Waals surface area contributed by atoms with E-state index < -0.39 is 0 Å². The van der Waals surface area contributed by atoms with Crippen molar-refractivity contribution in [1.29, 1.82) is 0 Å². The van der Waals surface area contributed by atoms with E-state index in [1.165, 1.54) is 0 Å². The van der Waals surface area contributed by atoms with Crippen molar-refractivity contribution in [2.75, 3.05) is 13.6 Å². The number of carbonyl (C=O) groups is 1. The normalized spacial score (nSPS) is 9.62. The van der Waals surface area contributed by atoms with Crippen LogP contribution in [0.4, 0.5) is 0 Å². The minimum absolute atomic E-state index is 0.161. The van der Waals surface area contributed by atoms with Crippen LogP contribution in [0.25, 0.3) is 0 Å². The van der Waals surface area contributed by atoms with Gasteiger partial charge in [0, 0.05) is 19.2 Å². The zero-order chi connectivity index (χ0) is 10.4. The molecule has 0 fully saturated rings. The van der Waals surface area contributed by atoms with E-state index in [1.54, 1.807) is 4.90 Å². The summed E-state index contributed by atoms with van der Waals surface area (Å²) >= 11 is 0. The van der Waals surface area contributed by atoms with Crippen molar-refractivity contribution in [2.45, 2.75) is 40.5 Å². The van der Waals surface area contributed by atoms with Gasteiger partial charge in [-0.15, -0.1) is 0 Å². The molecule has 0 unspecified atom stereocenters. The Balaban J connectivity index is 4.19. The number of hydrogen-bond acceptors (Lipinski definition) is 1. The van der Waals surface area contributed by atoms with Gasteiger partial charge in [-0.2, -0.15) is 0 Å².